The molecule has 1 aromatic carbocycles. The molecule has 3 heterocycles. The number of fused-ring (bicyclic) bond motifs is 1. The van der Waals surface area contributed by atoms with Crippen LogP contribution in [0.1, 0.15) is 13.3 Å². The van der Waals surface area contributed by atoms with Gasteiger partial charge in [0.15, 0.2) is 0 Å². The maximum Gasteiger partial charge on any atom is 0.219 e. The largest absolute Gasteiger partial charge is 0.397 e. The highest BCUT2D eigenvalue weighted by Crippen LogP contribution is 2.42. The first-order chi connectivity index (χ1) is 14.0. The third kappa shape index (κ3) is 4.84. The molecule has 3 aromatic heterocycles. The number of hydrogen-bond donors (Lipinski definition) is 3. The van der Waals surface area contributed by atoms with Gasteiger partial charge in [-0.3, -0.25) is 0 Å². The Bertz CT molecular complexity index is 1080. The minimum absolute atomic E-state index is 0.237. The van der Waals surface area contributed by atoms with E-state index >= 15 is 0 Å². The van der Waals surface area contributed by atoms with Crippen LogP contribution in [0, 0.1) is 0 Å². The van der Waals surface area contributed by atoms with Crippen molar-refractivity contribution in [2.45, 2.75) is 17.6 Å². The van der Waals surface area contributed by atoms with Crippen molar-refractivity contribution in [3.05, 3.63) is 48.8 Å². The molecule has 4 aromatic rings. The molecule has 0 bridgehead atoms. The van der Waals surface area contributed by atoms with Crippen LogP contribution in [-0.2, 0) is 4.74 Å². The van der Waals surface area contributed by atoms with Crippen molar-refractivity contribution in [2.75, 3.05) is 25.2 Å². The number of benzene rings is 1. The molecule has 0 radical (unpaired) electrons. The SMILES string of the molecule is CCCOC.Nc1ncc(-c2cc(-c3ccccc3)c3c(N)c(S)sc3n2)cn1. The number of pyridine rings is 1. The first kappa shape index (κ1) is 21.0. The molecule has 0 atom stereocenters. The van der Waals surface area contributed by atoms with Crippen molar-refractivity contribution in [1.29, 1.82) is 0 Å². The lowest BCUT2D eigenvalue weighted by Crippen LogP contribution is -1.95. The molecule has 0 spiro atoms. The Morgan fingerprint density at radius 2 is 1.76 bits per heavy atom. The van der Waals surface area contributed by atoms with Crippen molar-refractivity contribution in [3.63, 3.8) is 0 Å². The predicted octanol–water partition coefficient (Wildman–Crippen LogP) is 4.92. The zero-order valence-corrected chi connectivity index (χ0v) is 18.0. The number of methoxy groups -OCH3 is 1. The molecule has 4 N–H and O–H groups in total. The van der Waals surface area contributed by atoms with Gasteiger partial charge in [0, 0.05) is 37.1 Å². The van der Waals surface area contributed by atoms with E-state index in [-0.39, 0.29) is 5.95 Å². The molecule has 29 heavy (non-hydrogen) atoms. The number of nitrogen functional groups attached to an aromatic ring is 2. The molecule has 0 aliphatic rings. The Balaban J connectivity index is 0.000000431. The molecule has 8 heteroatoms. The number of aromatic nitrogens is 3. The van der Waals surface area contributed by atoms with Gasteiger partial charge in [0.1, 0.15) is 4.83 Å². The predicted molar refractivity (Wildman–Crippen MR) is 124 cm³/mol. The molecule has 0 aliphatic heterocycles. The molecule has 4 rings (SSSR count). The zero-order valence-electron chi connectivity index (χ0n) is 16.3. The van der Waals surface area contributed by atoms with Gasteiger partial charge in [-0.2, -0.15) is 0 Å². The summed E-state index contributed by atoms with van der Waals surface area (Å²) in [5.74, 6) is 0.237. The number of thiophene rings is 1. The summed E-state index contributed by atoms with van der Waals surface area (Å²) in [5.41, 5.74) is 16.1. The molecule has 0 fully saturated rings. The second-order valence-corrected chi connectivity index (χ2v) is 7.99. The molecule has 6 nitrogen and oxygen atoms in total. The second-order valence-electron chi connectivity index (χ2n) is 6.24. The quantitative estimate of drug-likeness (QED) is 0.402. The van der Waals surface area contributed by atoms with Gasteiger partial charge >= 0.3 is 0 Å². The first-order valence-corrected chi connectivity index (χ1v) is 10.4. The van der Waals surface area contributed by atoms with Crippen LogP contribution in [0.15, 0.2) is 53.0 Å². The van der Waals surface area contributed by atoms with Crippen LogP contribution in [0.2, 0.25) is 0 Å². The van der Waals surface area contributed by atoms with Crippen LogP contribution in [0.25, 0.3) is 32.6 Å². The maximum atomic E-state index is 6.24. The highest BCUT2D eigenvalue weighted by atomic mass is 32.2. The summed E-state index contributed by atoms with van der Waals surface area (Å²) in [7, 11) is 1.71. The molecule has 0 amide bonds. The van der Waals surface area contributed by atoms with E-state index in [1.807, 2.05) is 36.4 Å². The van der Waals surface area contributed by atoms with E-state index in [4.69, 9.17) is 21.2 Å². The number of nitrogens with two attached hydrogens (primary N) is 2. The highest BCUT2D eigenvalue weighted by Gasteiger charge is 2.16. The van der Waals surface area contributed by atoms with Crippen LogP contribution >= 0.6 is 24.0 Å². The summed E-state index contributed by atoms with van der Waals surface area (Å²) in [6.07, 6.45) is 4.46. The average Bonchev–Trinajstić information content (AvgIpc) is 3.03. The topological polar surface area (TPSA) is 99.9 Å². The average molecular weight is 426 g/mol. The third-order valence-corrected chi connectivity index (χ3v) is 5.56. The van der Waals surface area contributed by atoms with E-state index in [1.165, 1.54) is 11.3 Å². The lowest BCUT2D eigenvalue weighted by atomic mass is 10.0. The normalized spacial score (nSPS) is 10.6. The third-order valence-electron chi connectivity index (χ3n) is 4.14. The highest BCUT2D eigenvalue weighted by molar-refractivity contribution is 7.83. The Morgan fingerprint density at radius 3 is 2.34 bits per heavy atom. The molecular weight excluding hydrogens is 402 g/mol. The van der Waals surface area contributed by atoms with Gasteiger partial charge in [0.2, 0.25) is 5.95 Å². The minimum atomic E-state index is 0.237. The molecule has 0 saturated carbocycles. The number of rotatable bonds is 4. The van der Waals surface area contributed by atoms with Crippen LogP contribution < -0.4 is 11.5 Å². The van der Waals surface area contributed by atoms with Crippen molar-refractivity contribution >= 4 is 45.8 Å². The molecule has 0 unspecified atom stereocenters. The van der Waals surface area contributed by atoms with E-state index < -0.39 is 0 Å². The minimum Gasteiger partial charge on any atom is -0.397 e. The lowest BCUT2D eigenvalue weighted by Gasteiger charge is -2.08. The van der Waals surface area contributed by atoms with Crippen molar-refractivity contribution in [2.24, 2.45) is 0 Å². The number of hydrogen-bond acceptors (Lipinski definition) is 8. The Morgan fingerprint density at radius 1 is 1.07 bits per heavy atom. The van der Waals surface area contributed by atoms with Gasteiger partial charge < -0.3 is 16.2 Å². The van der Waals surface area contributed by atoms with E-state index in [0.717, 1.165) is 49.8 Å². The zero-order chi connectivity index (χ0) is 20.8. The van der Waals surface area contributed by atoms with Crippen molar-refractivity contribution in [1.82, 2.24) is 15.0 Å². The summed E-state index contributed by atoms with van der Waals surface area (Å²) in [4.78, 5) is 13.7. The summed E-state index contributed by atoms with van der Waals surface area (Å²) in [5, 5.41) is 0.927. The van der Waals surface area contributed by atoms with Gasteiger partial charge in [0.25, 0.3) is 0 Å². The molecule has 0 aliphatic carbocycles. The lowest BCUT2D eigenvalue weighted by molar-refractivity contribution is 0.199. The standard InChI is InChI=1S/C17H13N5S2.C4H10O/c18-14-13-11(9-4-2-1-3-5-9)6-12(22-15(13)24-16(14)23)10-7-20-17(19)21-8-10;1-3-4-5-2/h1-8,23H,18H2,(H2,19,20,21);3-4H2,1-2H3. The van der Waals surface area contributed by atoms with Gasteiger partial charge in [-0.1, -0.05) is 37.3 Å². The molecule has 0 saturated heterocycles. The first-order valence-electron chi connectivity index (χ1n) is 9.09. The Kier molecular flexibility index (Phi) is 7.03. The van der Waals surface area contributed by atoms with E-state index in [0.29, 0.717) is 5.69 Å². The van der Waals surface area contributed by atoms with Crippen LogP contribution in [-0.4, -0.2) is 28.7 Å². The Labute approximate surface area is 179 Å². The van der Waals surface area contributed by atoms with Crippen LogP contribution in [0.4, 0.5) is 11.6 Å². The fourth-order valence-corrected chi connectivity index (χ4v) is 4.01. The number of thiol groups is 1. The van der Waals surface area contributed by atoms with Crippen molar-refractivity contribution < 1.29 is 4.74 Å². The van der Waals surface area contributed by atoms with E-state index in [1.54, 1.807) is 19.5 Å². The van der Waals surface area contributed by atoms with Gasteiger partial charge in [-0.15, -0.1) is 24.0 Å². The number of anilines is 2. The summed E-state index contributed by atoms with van der Waals surface area (Å²) in [6, 6.07) is 12.1. The molecular formula is C21H23N5OS2. The Hall–Kier alpha value is -2.68. The second kappa shape index (κ2) is 9.69. The van der Waals surface area contributed by atoms with Gasteiger partial charge in [-0.25, -0.2) is 15.0 Å². The number of nitrogens with zero attached hydrogens (tertiary/aromatic N) is 3. The molecule has 150 valence electrons. The maximum absolute atomic E-state index is 6.24. The fraction of sp³-hybridized carbons (Fsp3) is 0.190. The fourth-order valence-electron chi connectivity index (χ4n) is 2.78. The summed E-state index contributed by atoms with van der Waals surface area (Å²) >= 11 is 5.93. The van der Waals surface area contributed by atoms with Gasteiger partial charge in [0.05, 0.1) is 15.6 Å². The monoisotopic (exact) mass is 425 g/mol. The summed E-state index contributed by atoms with van der Waals surface area (Å²) < 4.78 is 5.46. The van der Waals surface area contributed by atoms with Crippen LogP contribution in [0.5, 0.6) is 0 Å². The summed E-state index contributed by atoms with van der Waals surface area (Å²) in [6.45, 7) is 2.98. The smallest absolute Gasteiger partial charge is 0.219 e. The van der Waals surface area contributed by atoms with Gasteiger partial charge in [-0.05, 0) is 23.6 Å². The van der Waals surface area contributed by atoms with E-state index in [2.05, 4.69) is 29.5 Å². The number of ether oxygens (including phenoxy) is 1. The van der Waals surface area contributed by atoms with E-state index in [9.17, 15) is 0 Å². The van der Waals surface area contributed by atoms with Crippen molar-refractivity contribution in [3.8, 4) is 22.4 Å². The van der Waals surface area contributed by atoms with Crippen LogP contribution in [0.3, 0.4) is 0 Å².